The molecule has 0 N–H and O–H groups in total. The molecule has 0 unspecified atom stereocenters. The molecule has 0 fully saturated rings. The number of ether oxygens (including phenoxy) is 1. The molecule has 3 rings (SSSR count). The van der Waals surface area contributed by atoms with Gasteiger partial charge in [0, 0.05) is 12.1 Å². The molecular weight excluding hydrogens is 502 g/mol. The summed E-state index contributed by atoms with van der Waals surface area (Å²) in [5, 5.41) is 23.0. The smallest absolute Gasteiger partial charge is 0.279 e. The van der Waals surface area contributed by atoms with E-state index >= 15 is 0 Å². The molecule has 3 aromatic rings. The predicted octanol–water partition coefficient (Wildman–Crippen LogP) is 4.82. The Morgan fingerprint density at radius 2 is 1.49 bits per heavy atom. The molecular formula is C22H18ClN3O8S. The predicted molar refractivity (Wildman–Crippen MR) is 128 cm³/mol. The lowest BCUT2D eigenvalue weighted by molar-refractivity contribution is -0.395. The van der Waals surface area contributed by atoms with Crippen LogP contribution in [0.5, 0.6) is 5.75 Å². The monoisotopic (exact) mass is 519 g/mol. The molecule has 11 nitrogen and oxygen atoms in total. The number of hydrogen-bond donors (Lipinski definition) is 0. The molecule has 0 aliphatic heterocycles. The van der Waals surface area contributed by atoms with E-state index in [4.69, 9.17) is 16.3 Å². The number of carbonyl (C=O) groups excluding carboxylic acids is 1. The molecule has 0 saturated heterocycles. The minimum Gasteiger partial charge on any atom is -0.495 e. The van der Waals surface area contributed by atoms with Crippen molar-refractivity contribution in [3.05, 3.63) is 96.5 Å². The van der Waals surface area contributed by atoms with Crippen molar-refractivity contribution in [1.82, 2.24) is 0 Å². The number of methoxy groups -OCH3 is 1. The first-order valence-corrected chi connectivity index (χ1v) is 11.6. The fraction of sp³-hybridized carbons (Fsp3) is 0.136. The van der Waals surface area contributed by atoms with Crippen molar-refractivity contribution in [1.29, 1.82) is 0 Å². The summed E-state index contributed by atoms with van der Waals surface area (Å²) in [5.74, 6) is -1.05. The van der Waals surface area contributed by atoms with Gasteiger partial charge in [-0.05, 0) is 44.2 Å². The molecule has 0 radical (unpaired) electrons. The van der Waals surface area contributed by atoms with Gasteiger partial charge >= 0.3 is 0 Å². The lowest BCUT2D eigenvalue weighted by Crippen LogP contribution is -2.37. The number of carbonyl (C=O) groups is 1. The van der Waals surface area contributed by atoms with Crippen molar-refractivity contribution in [2.24, 2.45) is 0 Å². The van der Waals surface area contributed by atoms with E-state index in [1.807, 2.05) is 0 Å². The van der Waals surface area contributed by atoms with Crippen molar-refractivity contribution >= 4 is 44.6 Å². The Morgan fingerprint density at radius 1 is 0.943 bits per heavy atom. The number of sulfonamides is 1. The average molecular weight is 520 g/mol. The van der Waals surface area contributed by atoms with Gasteiger partial charge in [0.25, 0.3) is 27.3 Å². The maximum absolute atomic E-state index is 13.6. The molecule has 0 spiro atoms. The van der Waals surface area contributed by atoms with Crippen LogP contribution in [-0.2, 0) is 10.0 Å². The average Bonchev–Trinajstić information content (AvgIpc) is 2.79. The molecule has 0 aliphatic rings. The fourth-order valence-electron chi connectivity index (χ4n) is 3.27. The zero-order valence-corrected chi connectivity index (χ0v) is 20.2. The van der Waals surface area contributed by atoms with Crippen LogP contribution < -0.4 is 9.04 Å². The third kappa shape index (κ3) is 4.93. The molecule has 1 amide bonds. The van der Waals surface area contributed by atoms with Crippen LogP contribution in [0.1, 0.15) is 21.5 Å². The Balaban J connectivity index is 2.30. The van der Waals surface area contributed by atoms with Crippen LogP contribution in [0.3, 0.4) is 0 Å². The molecule has 0 aliphatic carbocycles. The van der Waals surface area contributed by atoms with Crippen molar-refractivity contribution in [3.8, 4) is 5.75 Å². The zero-order chi connectivity index (χ0) is 26.1. The molecule has 0 aromatic heterocycles. The number of rotatable bonds is 7. The first kappa shape index (κ1) is 25.6. The number of anilines is 1. The maximum atomic E-state index is 13.6. The van der Waals surface area contributed by atoms with Gasteiger partial charge in [0.1, 0.15) is 11.3 Å². The number of hydrogen-bond acceptors (Lipinski definition) is 8. The molecule has 0 heterocycles. The highest BCUT2D eigenvalue weighted by atomic mass is 35.5. The quantitative estimate of drug-likeness (QED) is 0.318. The summed E-state index contributed by atoms with van der Waals surface area (Å²) in [4.78, 5) is 34.5. The molecule has 13 heteroatoms. The second-order valence-electron chi connectivity index (χ2n) is 7.36. The molecule has 182 valence electrons. The summed E-state index contributed by atoms with van der Waals surface area (Å²) in [6.45, 7) is 2.90. The van der Waals surface area contributed by atoms with E-state index in [-0.39, 0.29) is 26.9 Å². The third-order valence-corrected chi connectivity index (χ3v) is 7.13. The van der Waals surface area contributed by atoms with Crippen LogP contribution in [0, 0.1) is 34.1 Å². The second kappa shape index (κ2) is 9.68. The van der Waals surface area contributed by atoms with Gasteiger partial charge in [-0.15, -0.1) is 0 Å². The fourth-order valence-corrected chi connectivity index (χ4v) is 4.92. The number of halogens is 1. The number of nitrogens with zero attached hydrogens (tertiary/aromatic N) is 3. The van der Waals surface area contributed by atoms with Gasteiger partial charge in [-0.3, -0.25) is 25.0 Å². The second-order valence-corrected chi connectivity index (χ2v) is 9.55. The van der Waals surface area contributed by atoms with Gasteiger partial charge in [-0.25, -0.2) is 8.42 Å². The van der Waals surface area contributed by atoms with Gasteiger partial charge in [0.15, 0.2) is 0 Å². The third-order valence-electron chi connectivity index (χ3n) is 5.11. The Labute approximate surface area is 204 Å². The van der Waals surface area contributed by atoms with Gasteiger partial charge in [0.05, 0.1) is 38.1 Å². The highest BCUT2D eigenvalue weighted by Crippen LogP contribution is 2.35. The first-order chi connectivity index (χ1) is 16.4. The van der Waals surface area contributed by atoms with Crippen molar-refractivity contribution in [2.45, 2.75) is 18.7 Å². The van der Waals surface area contributed by atoms with E-state index in [9.17, 15) is 33.4 Å². The maximum Gasteiger partial charge on any atom is 0.279 e. The summed E-state index contributed by atoms with van der Waals surface area (Å²) in [6.07, 6.45) is 0. The van der Waals surface area contributed by atoms with E-state index < -0.39 is 42.7 Å². The van der Waals surface area contributed by atoms with Gasteiger partial charge in [-0.1, -0.05) is 29.3 Å². The van der Waals surface area contributed by atoms with Crippen LogP contribution in [0.4, 0.5) is 17.1 Å². The Kier molecular flexibility index (Phi) is 7.08. The van der Waals surface area contributed by atoms with Gasteiger partial charge < -0.3 is 4.74 Å². The highest BCUT2D eigenvalue weighted by molar-refractivity contribution is 7.93. The number of amides is 1. The minimum atomic E-state index is -4.59. The van der Waals surface area contributed by atoms with Gasteiger partial charge in [0.2, 0.25) is 0 Å². The number of nitro groups is 2. The van der Waals surface area contributed by atoms with Crippen LogP contribution in [0.15, 0.2) is 59.5 Å². The lowest BCUT2D eigenvalue weighted by Gasteiger charge is -2.23. The standard InChI is InChI=1S/C22H18ClN3O8S/c1-13-4-7-17(8-5-13)35(32,33)24(16-6-9-21(34-3)18(23)12-16)22(27)15-10-19(25(28)29)14(2)20(11-15)26(30)31/h4-12H,1-3H3. The van der Waals surface area contributed by atoms with Gasteiger partial charge in [-0.2, -0.15) is 4.31 Å². The Morgan fingerprint density at radius 3 is 1.94 bits per heavy atom. The van der Waals surface area contributed by atoms with E-state index in [0.717, 1.165) is 24.6 Å². The van der Waals surface area contributed by atoms with Crippen LogP contribution in [0.2, 0.25) is 5.02 Å². The van der Waals surface area contributed by atoms with E-state index in [1.54, 1.807) is 6.92 Å². The highest BCUT2D eigenvalue weighted by Gasteiger charge is 2.35. The van der Waals surface area contributed by atoms with E-state index in [1.165, 1.54) is 49.6 Å². The van der Waals surface area contributed by atoms with Crippen molar-refractivity contribution in [2.75, 3.05) is 11.4 Å². The number of nitro benzene ring substituents is 2. The molecule has 35 heavy (non-hydrogen) atoms. The van der Waals surface area contributed by atoms with Crippen LogP contribution >= 0.6 is 11.6 Å². The largest absolute Gasteiger partial charge is 0.495 e. The topological polar surface area (TPSA) is 150 Å². The molecule has 0 atom stereocenters. The van der Waals surface area contributed by atoms with Crippen LogP contribution in [0.25, 0.3) is 0 Å². The number of benzene rings is 3. The molecule has 3 aromatic carbocycles. The van der Waals surface area contributed by atoms with Crippen LogP contribution in [-0.4, -0.2) is 31.3 Å². The minimum absolute atomic E-state index is 0.0113. The normalized spacial score (nSPS) is 11.1. The summed E-state index contributed by atoms with van der Waals surface area (Å²) >= 11 is 6.16. The SMILES string of the molecule is COc1ccc(N(C(=O)c2cc([N+](=O)[O-])c(C)c([N+](=O)[O-])c2)S(=O)(=O)c2ccc(C)cc2)cc1Cl. The lowest BCUT2D eigenvalue weighted by atomic mass is 10.1. The first-order valence-electron chi connectivity index (χ1n) is 9.81. The summed E-state index contributed by atoms with van der Waals surface area (Å²) < 4.78 is 32.6. The van der Waals surface area contributed by atoms with E-state index in [2.05, 4.69) is 0 Å². The van der Waals surface area contributed by atoms with E-state index in [0.29, 0.717) is 4.31 Å². The molecule has 0 bridgehead atoms. The Hall–Kier alpha value is -4.03. The molecule has 0 saturated carbocycles. The van der Waals surface area contributed by atoms with Crippen molar-refractivity contribution < 1.29 is 27.8 Å². The summed E-state index contributed by atoms with van der Waals surface area (Å²) in [7, 11) is -3.24. The summed E-state index contributed by atoms with van der Waals surface area (Å²) in [6, 6.07) is 11.0. The number of aryl methyl sites for hydroxylation is 1. The Bertz CT molecular complexity index is 1420. The summed E-state index contributed by atoms with van der Waals surface area (Å²) in [5.41, 5.74) is -1.70. The van der Waals surface area contributed by atoms with Crippen molar-refractivity contribution in [3.63, 3.8) is 0 Å². The zero-order valence-electron chi connectivity index (χ0n) is 18.6.